The molecule has 1 aromatic carbocycles. The Bertz CT molecular complexity index is 317. The van der Waals surface area contributed by atoms with E-state index in [0.29, 0.717) is 5.69 Å². The SMILES string of the molecule is C=CCC(=O)OCc1ccc(N)cc1. The summed E-state index contributed by atoms with van der Waals surface area (Å²) in [4.78, 5) is 11.0. The molecule has 3 heteroatoms. The van der Waals surface area contributed by atoms with Crippen molar-refractivity contribution in [2.24, 2.45) is 0 Å². The summed E-state index contributed by atoms with van der Waals surface area (Å²) >= 11 is 0. The van der Waals surface area contributed by atoms with Crippen molar-refractivity contribution in [3.8, 4) is 0 Å². The van der Waals surface area contributed by atoms with Crippen LogP contribution in [0.4, 0.5) is 5.69 Å². The van der Waals surface area contributed by atoms with Crippen LogP contribution < -0.4 is 5.73 Å². The second-order valence-electron chi connectivity index (χ2n) is 2.90. The number of rotatable bonds is 4. The Morgan fingerprint density at radius 1 is 1.43 bits per heavy atom. The van der Waals surface area contributed by atoms with Crippen LogP contribution in [0.25, 0.3) is 0 Å². The van der Waals surface area contributed by atoms with Crippen LogP contribution in [0.5, 0.6) is 0 Å². The van der Waals surface area contributed by atoms with Gasteiger partial charge in [0.25, 0.3) is 0 Å². The lowest BCUT2D eigenvalue weighted by atomic mass is 10.2. The highest BCUT2D eigenvalue weighted by atomic mass is 16.5. The van der Waals surface area contributed by atoms with Crippen molar-refractivity contribution in [2.45, 2.75) is 13.0 Å². The van der Waals surface area contributed by atoms with Crippen molar-refractivity contribution in [2.75, 3.05) is 5.73 Å². The molecule has 0 atom stereocenters. The third-order valence-corrected chi connectivity index (χ3v) is 1.69. The van der Waals surface area contributed by atoms with E-state index < -0.39 is 0 Å². The zero-order valence-electron chi connectivity index (χ0n) is 7.90. The number of hydrogen-bond donors (Lipinski definition) is 1. The Hall–Kier alpha value is -1.77. The predicted molar refractivity (Wildman–Crippen MR) is 55.5 cm³/mol. The fraction of sp³-hybridized carbons (Fsp3) is 0.182. The van der Waals surface area contributed by atoms with Crippen molar-refractivity contribution in [3.05, 3.63) is 42.5 Å². The third-order valence-electron chi connectivity index (χ3n) is 1.69. The zero-order valence-corrected chi connectivity index (χ0v) is 7.90. The monoisotopic (exact) mass is 191 g/mol. The van der Waals surface area contributed by atoms with Gasteiger partial charge >= 0.3 is 5.97 Å². The smallest absolute Gasteiger partial charge is 0.309 e. The molecule has 0 saturated carbocycles. The summed E-state index contributed by atoms with van der Waals surface area (Å²) in [6, 6.07) is 7.21. The minimum Gasteiger partial charge on any atom is -0.461 e. The fourth-order valence-electron chi connectivity index (χ4n) is 0.954. The van der Waals surface area contributed by atoms with Crippen LogP contribution in [0.15, 0.2) is 36.9 Å². The van der Waals surface area contributed by atoms with E-state index in [9.17, 15) is 4.79 Å². The van der Waals surface area contributed by atoms with Gasteiger partial charge in [0, 0.05) is 5.69 Å². The lowest BCUT2D eigenvalue weighted by molar-refractivity contribution is -0.143. The van der Waals surface area contributed by atoms with Gasteiger partial charge in [0.2, 0.25) is 0 Å². The van der Waals surface area contributed by atoms with Crippen LogP contribution >= 0.6 is 0 Å². The van der Waals surface area contributed by atoms with Gasteiger partial charge in [0.05, 0.1) is 6.42 Å². The van der Waals surface area contributed by atoms with E-state index in [1.165, 1.54) is 6.08 Å². The van der Waals surface area contributed by atoms with Crippen molar-refractivity contribution in [1.29, 1.82) is 0 Å². The molecule has 0 fully saturated rings. The zero-order chi connectivity index (χ0) is 10.4. The number of benzene rings is 1. The first-order valence-electron chi connectivity index (χ1n) is 4.33. The Labute approximate surface area is 83.2 Å². The van der Waals surface area contributed by atoms with Crippen LogP contribution in [0.3, 0.4) is 0 Å². The van der Waals surface area contributed by atoms with E-state index in [-0.39, 0.29) is 19.0 Å². The van der Waals surface area contributed by atoms with E-state index >= 15 is 0 Å². The lowest BCUT2D eigenvalue weighted by Crippen LogP contribution is -2.02. The van der Waals surface area contributed by atoms with Gasteiger partial charge in [0.1, 0.15) is 6.61 Å². The van der Waals surface area contributed by atoms with Gasteiger partial charge in [-0.1, -0.05) is 18.2 Å². The molecule has 2 N–H and O–H groups in total. The van der Waals surface area contributed by atoms with Gasteiger partial charge in [-0.15, -0.1) is 6.58 Å². The van der Waals surface area contributed by atoms with E-state index in [2.05, 4.69) is 6.58 Å². The molecule has 14 heavy (non-hydrogen) atoms. The predicted octanol–water partition coefficient (Wildman–Crippen LogP) is 1.89. The largest absolute Gasteiger partial charge is 0.461 e. The Kier molecular flexibility index (Phi) is 3.73. The number of hydrogen-bond acceptors (Lipinski definition) is 3. The summed E-state index contributed by atoms with van der Waals surface area (Å²) in [5.41, 5.74) is 7.14. The highest BCUT2D eigenvalue weighted by Crippen LogP contribution is 2.06. The summed E-state index contributed by atoms with van der Waals surface area (Å²) in [5.74, 6) is -0.267. The second-order valence-corrected chi connectivity index (χ2v) is 2.90. The molecule has 0 aliphatic heterocycles. The number of anilines is 1. The molecule has 74 valence electrons. The molecule has 1 aromatic rings. The van der Waals surface area contributed by atoms with Crippen LogP contribution in [0, 0.1) is 0 Å². The summed E-state index contributed by atoms with van der Waals surface area (Å²) in [5, 5.41) is 0. The highest BCUT2D eigenvalue weighted by Gasteiger charge is 1.99. The van der Waals surface area contributed by atoms with Crippen molar-refractivity contribution >= 4 is 11.7 Å². The normalized spacial score (nSPS) is 9.43. The average molecular weight is 191 g/mol. The van der Waals surface area contributed by atoms with Gasteiger partial charge < -0.3 is 10.5 Å². The molecule has 0 unspecified atom stereocenters. The topological polar surface area (TPSA) is 52.3 Å². The third kappa shape index (κ3) is 3.31. The minimum atomic E-state index is -0.267. The van der Waals surface area contributed by atoms with E-state index in [1.54, 1.807) is 12.1 Å². The fourth-order valence-corrected chi connectivity index (χ4v) is 0.954. The second kappa shape index (κ2) is 5.07. The molecule has 0 aliphatic carbocycles. The number of carbonyl (C=O) groups is 1. The first-order valence-corrected chi connectivity index (χ1v) is 4.33. The maximum atomic E-state index is 11.0. The first-order chi connectivity index (χ1) is 6.72. The molecule has 1 rings (SSSR count). The number of nitrogens with two attached hydrogens (primary N) is 1. The molecule has 0 spiro atoms. The number of esters is 1. The molecule has 3 nitrogen and oxygen atoms in total. The minimum absolute atomic E-state index is 0.245. The molecule has 0 heterocycles. The maximum absolute atomic E-state index is 11.0. The van der Waals surface area contributed by atoms with E-state index in [0.717, 1.165) is 5.56 Å². The molecular formula is C11H13NO2. The molecule has 0 radical (unpaired) electrons. The van der Waals surface area contributed by atoms with Crippen LogP contribution in [0.1, 0.15) is 12.0 Å². The van der Waals surface area contributed by atoms with Crippen molar-refractivity contribution in [1.82, 2.24) is 0 Å². The average Bonchev–Trinajstić information content (AvgIpc) is 2.17. The molecule has 0 aromatic heterocycles. The first kappa shape index (κ1) is 10.3. The molecule has 0 bridgehead atoms. The standard InChI is InChI=1S/C11H13NO2/c1-2-3-11(13)14-8-9-4-6-10(12)7-5-9/h2,4-7H,1,3,8,12H2. The number of carbonyl (C=O) groups excluding carboxylic acids is 1. The van der Waals surface area contributed by atoms with Crippen molar-refractivity contribution < 1.29 is 9.53 Å². The summed E-state index contributed by atoms with van der Waals surface area (Å²) in [6.07, 6.45) is 1.76. The number of nitrogen functional groups attached to an aromatic ring is 1. The molecule has 0 amide bonds. The Morgan fingerprint density at radius 2 is 2.07 bits per heavy atom. The summed E-state index contributed by atoms with van der Waals surface area (Å²) in [7, 11) is 0. The molecule has 0 aliphatic rings. The quantitative estimate of drug-likeness (QED) is 0.449. The molecular weight excluding hydrogens is 178 g/mol. The van der Waals surface area contributed by atoms with Gasteiger partial charge in [-0.3, -0.25) is 4.79 Å². The van der Waals surface area contributed by atoms with Gasteiger partial charge in [-0.25, -0.2) is 0 Å². The lowest BCUT2D eigenvalue weighted by Gasteiger charge is -2.03. The summed E-state index contributed by atoms with van der Waals surface area (Å²) < 4.78 is 4.96. The molecule has 0 saturated heterocycles. The summed E-state index contributed by atoms with van der Waals surface area (Å²) in [6.45, 7) is 3.73. The van der Waals surface area contributed by atoms with Gasteiger partial charge in [-0.2, -0.15) is 0 Å². The Balaban J connectivity index is 2.41. The van der Waals surface area contributed by atoms with E-state index in [1.807, 2.05) is 12.1 Å². The van der Waals surface area contributed by atoms with E-state index in [4.69, 9.17) is 10.5 Å². The van der Waals surface area contributed by atoms with Crippen LogP contribution in [-0.2, 0) is 16.1 Å². The highest BCUT2D eigenvalue weighted by molar-refractivity contribution is 5.70. The Morgan fingerprint density at radius 3 is 2.64 bits per heavy atom. The van der Waals surface area contributed by atoms with Gasteiger partial charge in [0.15, 0.2) is 0 Å². The van der Waals surface area contributed by atoms with Crippen LogP contribution in [-0.4, -0.2) is 5.97 Å². The number of ether oxygens (including phenoxy) is 1. The van der Waals surface area contributed by atoms with Crippen molar-refractivity contribution in [3.63, 3.8) is 0 Å². The van der Waals surface area contributed by atoms with Crippen LogP contribution in [0.2, 0.25) is 0 Å². The van der Waals surface area contributed by atoms with Gasteiger partial charge in [-0.05, 0) is 17.7 Å². The maximum Gasteiger partial charge on any atom is 0.309 e.